The van der Waals surface area contributed by atoms with E-state index >= 15 is 0 Å². The molecule has 0 aliphatic rings. The Labute approximate surface area is 66.5 Å². The summed E-state index contributed by atoms with van der Waals surface area (Å²) in [5.41, 5.74) is 0. The van der Waals surface area contributed by atoms with Crippen molar-refractivity contribution in [3.05, 3.63) is 0 Å². The number of carbonyl (C=O) groups excluding carboxylic acids is 1. The average Bonchev–Trinajstić information content (AvgIpc) is 1.85. The van der Waals surface area contributed by atoms with Gasteiger partial charge in [-0.05, 0) is 13.8 Å². The molecule has 0 aromatic rings. The molecule has 0 aromatic heterocycles. The Morgan fingerprint density at radius 3 is 2.55 bits per heavy atom. The van der Waals surface area contributed by atoms with E-state index in [-0.39, 0.29) is 6.04 Å². The molecule has 0 heterocycles. The molecule has 0 radical (unpaired) electrons. The minimum absolute atomic E-state index is 0.0338. The van der Waals surface area contributed by atoms with Gasteiger partial charge in [0.15, 0.2) is 0 Å². The molecular formula is C7H15NO3. The van der Waals surface area contributed by atoms with E-state index in [1.54, 1.807) is 6.92 Å². The van der Waals surface area contributed by atoms with Crippen molar-refractivity contribution in [2.24, 2.45) is 0 Å². The van der Waals surface area contributed by atoms with Crippen LogP contribution in [-0.2, 0) is 4.74 Å². The smallest absolute Gasteiger partial charge is 0.409 e. The zero-order valence-corrected chi connectivity index (χ0v) is 7.13. The topological polar surface area (TPSA) is 58.6 Å². The lowest BCUT2D eigenvalue weighted by molar-refractivity contribution is -0.0537. The van der Waals surface area contributed by atoms with E-state index in [0.717, 1.165) is 0 Å². The molecule has 1 atom stereocenters. The van der Waals surface area contributed by atoms with E-state index < -0.39 is 12.4 Å². The van der Waals surface area contributed by atoms with Gasteiger partial charge in [0, 0.05) is 12.5 Å². The number of alkyl carbamates (subject to hydrolysis) is 1. The fraction of sp³-hybridized carbons (Fsp3) is 0.857. The zero-order valence-electron chi connectivity index (χ0n) is 7.13. The minimum atomic E-state index is -0.992. The van der Waals surface area contributed by atoms with Crippen LogP contribution in [0.5, 0.6) is 0 Å². The summed E-state index contributed by atoms with van der Waals surface area (Å²) in [5, 5.41) is 11.3. The highest BCUT2D eigenvalue weighted by Crippen LogP contribution is 1.93. The van der Waals surface area contributed by atoms with Crippen LogP contribution in [0.2, 0.25) is 0 Å². The van der Waals surface area contributed by atoms with Gasteiger partial charge in [-0.2, -0.15) is 0 Å². The summed E-state index contributed by atoms with van der Waals surface area (Å²) in [6, 6.07) is 0.0338. The maximum absolute atomic E-state index is 10.7. The van der Waals surface area contributed by atoms with Crippen LogP contribution in [0.25, 0.3) is 0 Å². The molecule has 66 valence electrons. The van der Waals surface area contributed by atoms with Crippen LogP contribution in [0.3, 0.4) is 0 Å². The van der Waals surface area contributed by atoms with Crippen molar-refractivity contribution in [3.8, 4) is 0 Å². The molecule has 0 aliphatic heterocycles. The molecule has 0 aliphatic carbocycles. The predicted molar refractivity (Wildman–Crippen MR) is 41.1 cm³/mol. The fourth-order valence-electron chi connectivity index (χ4n) is 0.477. The summed E-state index contributed by atoms with van der Waals surface area (Å²) in [6.07, 6.45) is -1.16. The van der Waals surface area contributed by atoms with Crippen LogP contribution in [0.1, 0.15) is 27.2 Å². The second-order valence-corrected chi connectivity index (χ2v) is 2.57. The number of amides is 1. The number of hydrogen-bond donors (Lipinski definition) is 2. The lowest BCUT2D eigenvalue weighted by Crippen LogP contribution is -2.33. The van der Waals surface area contributed by atoms with Crippen LogP contribution in [0.4, 0.5) is 4.79 Å². The van der Waals surface area contributed by atoms with E-state index in [1.807, 2.05) is 13.8 Å². The molecule has 4 heteroatoms. The molecule has 11 heavy (non-hydrogen) atoms. The number of hydrogen-bond acceptors (Lipinski definition) is 3. The summed E-state index contributed by atoms with van der Waals surface area (Å²) in [7, 11) is 0. The number of nitrogens with one attached hydrogen (secondary N) is 1. The van der Waals surface area contributed by atoms with Gasteiger partial charge >= 0.3 is 6.09 Å². The summed E-state index contributed by atoms with van der Waals surface area (Å²) in [5.74, 6) is 0. The largest absolute Gasteiger partial charge is 0.420 e. The second kappa shape index (κ2) is 4.96. The van der Waals surface area contributed by atoms with Gasteiger partial charge in [-0.1, -0.05) is 6.92 Å². The molecule has 1 amide bonds. The highest BCUT2D eigenvalue weighted by atomic mass is 16.6. The maximum atomic E-state index is 10.7. The Morgan fingerprint density at radius 1 is 1.64 bits per heavy atom. The van der Waals surface area contributed by atoms with Gasteiger partial charge in [-0.25, -0.2) is 4.79 Å². The van der Waals surface area contributed by atoms with Gasteiger partial charge in [0.2, 0.25) is 6.29 Å². The first-order valence-corrected chi connectivity index (χ1v) is 3.71. The van der Waals surface area contributed by atoms with Gasteiger partial charge in [0.25, 0.3) is 0 Å². The standard InChI is InChI=1S/C7H15NO3/c1-4-6(9)11-7(10)8-5(2)3/h5-6,9H,4H2,1-3H3,(H,8,10)/t6-/m1/s1. The number of rotatable bonds is 3. The van der Waals surface area contributed by atoms with Crippen LogP contribution < -0.4 is 5.32 Å². The van der Waals surface area contributed by atoms with Crippen molar-refractivity contribution < 1.29 is 14.6 Å². The molecule has 0 aromatic carbocycles. The van der Waals surface area contributed by atoms with Gasteiger partial charge in [-0.15, -0.1) is 0 Å². The van der Waals surface area contributed by atoms with Crippen LogP contribution >= 0.6 is 0 Å². The van der Waals surface area contributed by atoms with Crippen molar-refractivity contribution in [1.29, 1.82) is 0 Å². The quantitative estimate of drug-likeness (QED) is 0.603. The van der Waals surface area contributed by atoms with Crippen molar-refractivity contribution in [2.75, 3.05) is 0 Å². The van der Waals surface area contributed by atoms with Gasteiger partial charge in [0.05, 0.1) is 0 Å². The highest BCUT2D eigenvalue weighted by Gasteiger charge is 2.08. The number of aliphatic hydroxyl groups excluding tert-OH is 1. The lowest BCUT2D eigenvalue weighted by Gasteiger charge is -2.12. The normalized spacial score (nSPS) is 12.8. The molecule has 4 nitrogen and oxygen atoms in total. The number of ether oxygens (including phenoxy) is 1. The van der Waals surface area contributed by atoms with Gasteiger partial charge < -0.3 is 15.2 Å². The molecular weight excluding hydrogens is 146 g/mol. The molecule has 0 bridgehead atoms. The first-order chi connectivity index (χ1) is 5.06. The van der Waals surface area contributed by atoms with E-state index in [4.69, 9.17) is 5.11 Å². The highest BCUT2D eigenvalue weighted by molar-refractivity contribution is 5.67. The first kappa shape index (κ1) is 10.2. The van der Waals surface area contributed by atoms with Gasteiger partial charge in [-0.3, -0.25) is 0 Å². The minimum Gasteiger partial charge on any atom is -0.420 e. The fourth-order valence-corrected chi connectivity index (χ4v) is 0.477. The summed E-state index contributed by atoms with van der Waals surface area (Å²) in [4.78, 5) is 10.7. The van der Waals surface area contributed by atoms with Crippen LogP contribution in [-0.4, -0.2) is 23.5 Å². The first-order valence-electron chi connectivity index (χ1n) is 3.71. The third-order valence-electron chi connectivity index (χ3n) is 0.999. The summed E-state index contributed by atoms with van der Waals surface area (Å²) in [6.45, 7) is 5.37. The Kier molecular flexibility index (Phi) is 4.61. The SMILES string of the molecule is CC[C@H](O)OC(=O)NC(C)C. The second-order valence-electron chi connectivity index (χ2n) is 2.57. The van der Waals surface area contributed by atoms with Crippen LogP contribution in [0.15, 0.2) is 0 Å². The third-order valence-corrected chi connectivity index (χ3v) is 0.999. The molecule has 2 N–H and O–H groups in total. The molecule has 0 saturated carbocycles. The molecule has 0 unspecified atom stereocenters. The maximum Gasteiger partial charge on any atom is 0.409 e. The third kappa shape index (κ3) is 5.66. The van der Waals surface area contributed by atoms with E-state index in [1.165, 1.54) is 0 Å². The Bertz CT molecular complexity index is 125. The molecule has 0 saturated heterocycles. The number of carbonyl (C=O) groups is 1. The average molecular weight is 161 g/mol. The summed E-state index contributed by atoms with van der Waals surface area (Å²) >= 11 is 0. The number of aliphatic hydroxyl groups is 1. The molecule has 0 spiro atoms. The molecule has 0 fully saturated rings. The monoisotopic (exact) mass is 161 g/mol. The zero-order chi connectivity index (χ0) is 8.85. The van der Waals surface area contributed by atoms with Crippen molar-refractivity contribution in [1.82, 2.24) is 5.32 Å². The Balaban J connectivity index is 3.52. The summed E-state index contributed by atoms with van der Waals surface area (Å²) < 4.78 is 4.52. The predicted octanol–water partition coefficient (Wildman–Crippen LogP) is 0.849. The Hall–Kier alpha value is -0.770. The lowest BCUT2D eigenvalue weighted by atomic mass is 10.4. The molecule has 0 rings (SSSR count). The van der Waals surface area contributed by atoms with Gasteiger partial charge in [0.1, 0.15) is 0 Å². The van der Waals surface area contributed by atoms with Crippen molar-refractivity contribution in [2.45, 2.75) is 39.5 Å². The van der Waals surface area contributed by atoms with E-state index in [2.05, 4.69) is 10.1 Å². The van der Waals surface area contributed by atoms with E-state index in [9.17, 15) is 4.79 Å². The van der Waals surface area contributed by atoms with Crippen LogP contribution in [0, 0.1) is 0 Å². The Morgan fingerprint density at radius 2 is 2.18 bits per heavy atom. The van der Waals surface area contributed by atoms with E-state index in [0.29, 0.717) is 6.42 Å². The van der Waals surface area contributed by atoms with Crippen molar-refractivity contribution >= 4 is 6.09 Å². The van der Waals surface area contributed by atoms with Crippen molar-refractivity contribution in [3.63, 3.8) is 0 Å².